The molecule has 0 saturated heterocycles. The summed E-state index contributed by atoms with van der Waals surface area (Å²) >= 11 is 0. The molecule has 0 bridgehead atoms. The first kappa shape index (κ1) is 17.7. The first-order valence-electron chi connectivity index (χ1n) is 8.61. The van der Waals surface area contributed by atoms with Crippen molar-refractivity contribution in [2.75, 3.05) is 6.54 Å². The van der Waals surface area contributed by atoms with Gasteiger partial charge in [-0.2, -0.15) is 0 Å². The quantitative estimate of drug-likeness (QED) is 0.838. The van der Waals surface area contributed by atoms with Gasteiger partial charge in [0.1, 0.15) is 0 Å². The van der Waals surface area contributed by atoms with Gasteiger partial charge in [0.25, 0.3) is 0 Å². The van der Waals surface area contributed by atoms with Crippen LogP contribution in [0.2, 0.25) is 0 Å². The Morgan fingerprint density at radius 3 is 2.30 bits per heavy atom. The topological polar surface area (TPSA) is 29.9 Å². The van der Waals surface area contributed by atoms with Crippen LogP contribution in [0.4, 0.5) is 0 Å². The zero-order valence-electron chi connectivity index (χ0n) is 15.4. The molecule has 0 radical (unpaired) electrons. The van der Waals surface area contributed by atoms with Crippen LogP contribution in [0, 0.1) is 5.41 Å². The molecule has 1 aromatic carbocycles. The van der Waals surface area contributed by atoms with Gasteiger partial charge in [0.15, 0.2) is 0 Å². The summed E-state index contributed by atoms with van der Waals surface area (Å²) in [5.41, 5.74) is 3.94. The van der Waals surface area contributed by atoms with Gasteiger partial charge in [-0.3, -0.25) is 0 Å². The maximum Gasteiger partial charge on any atom is 0.0956 e. The van der Waals surface area contributed by atoms with Crippen molar-refractivity contribution < 1.29 is 0 Å². The van der Waals surface area contributed by atoms with Gasteiger partial charge in [-0.25, -0.2) is 4.98 Å². The lowest BCUT2D eigenvalue weighted by Gasteiger charge is -2.18. The van der Waals surface area contributed by atoms with Gasteiger partial charge >= 0.3 is 0 Å². The summed E-state index contributed by atoms with van der Waals surface area (Å²) in [5.74, 6) is 0. The Morgan fingerprint density at radius 1 is 1.09 bits per heavy atom. The van der Waals surface area contributed by atoms with E-state index in [1.165, 1.54) is 11.1 Å². The molecule has 126 valence electrons. The second-order valence-corrected chi connectivity index (χ2v) is 8.05. The Hall–Kier alpha value is -1.61. The number of aromatic nitrogens is 2. The molecule has 0 unspecified atom stereocenters. The number of rotatable bonds is 6. The minimum absolute atomic E-state index is 0.321. The van der Waals surface area contributed by atoms with Crippen molar-refractivity contribution in [1.82, 2.24) is 14.9 Å². The fourth-order valence-electron chi connectivity index (χ4n) is 2.64. The third-order valence-electron chi connectivity index (χ3n) is 3.92. The summed E-state index contributed by atoms with van der Waals surface area (Å²) < 4.78 is 2.19. The van der Waals surface area contributed by atoms with E-state index in [0.717, 1.165) is 18.7 Å². The smallest absolute Gasteiger partial charge is 0.0956 e. The van der Waals surface area contributed by atoms with Crippen LogP contribution in [0.1, 0.15) is 53.1 Å². The van der Waals surface area contributed by atoms with E-state index in [1.807, 2.05) is 6.33 Å². The van der Waals surface area contributed by atoms with Crippen molar-refractivity contribution in [1.29, 1.82) is 0 Å². The highest BCUT2D eigenvalue weighted by Gasteiger charge is 2.12. The fourth-order valence-corrected chi connectivity index (χ4v) is 2.64. The molecule has 2 aromatic rings. The molecule has 0 aliphatic heterocycles. The molecular formula is C20H31N3. The molecule has 3 heteroatoms. The largest absolute Gasteiger partial charge is 0.333 e. The van der Waals surface area contributed by atoms with Crippen molar-refractivity contribution in [2.45, 2.75) is 60.0 Å². The Morgan fingerprint density at radius 2 is 1.74 bits per heavy atom. The SMILES string of the molecule is CC(C)NC[C@H](C)n1cnc(-c2ccc(CC(C)(C)C)cc2)c1. The summed E-state index contributed by atoms with van der Waals surface area (Å²) in [5, 5.41) is 3.47. The zero-order valence-corrected chi connectivity index (χ0v) is 15.4. The molecule has 1 N–H and O–H groups in total. The average molecular weight is 313 g/mol. The molecule has 0 aliphatic rings. The molecule has 0 fully saturated rings. The van der Waals surface area contributed by atoms with Crippen LogP contribution in [0.3, 0.4) is 0 Å². The highest BCUT2D eigenvalue weighted by Crippen LogP contribution is 2.24. The maximum atomic E-state index is 4.57. The highest BCUT2D eigenvalue weighted by atomic mass is 15.1. The van der Waals surface area contributed by atoms with Gasteiger partial charge in [-0.1, -0.05) is 58.9 Å². The van der Waals surface area contributed by atoms with Crippen LogP contribution in [0.15, 0.2) is 36.8 Å². The van der Waals surface area contributed by atoms with Crippen LogP contribution in [0.25, 0.3) is 11.3 Å². The standard InChI is InChI=1S/C20H31N3/c1-15(2)21-12-16(3)23-13-19(22-14-23)18-9-7-17(8-10-18)11-20(4,5)6/h7-10,13-16,21H,11-12H2,1-6H3/t16-/m0/s1. The van der Waals surface area contributed by atoms with Crippen molar-refractivity contribution in [3.8, 4) is 11.3 Å². The predicted molar refractivity (Wildman–Crippen MR) is 98.7 cm³/mol. The summed E-state index contributed by atoms with van der Waals surface area (Å²) in [7, 11) is 0. The zero-order chi connectivity index (χ0) is 17.0. The van der Waals surface area contributed by atoms with Crippen molar-refractivity contribution in [3.63, 3.8) is 0 Å². The lowest BCUT2D eigenvalue weighted by molar-refractivity contribution is 0.411. The first-order chi connectivity index (χ1) is 10.7. The van der Waals surface area contributed by atoms with Crippen LogP contribution >= 0.6 is 0 Å². The second kappa shape index (κ2) is 7.31. The van der Waals surface area contributed by atoms with Gasteiger partial charge in [-0.05, 0) is 24.3 Å². The molecule has 23 heavy (non-hydrogen) atoms. The minimum Gasteiger partial charge on any atom is -0.333 e. The number of nitrogens with one attached hydrogen (secondary N) is 1. The van der Waals surface area contributed by atoms with E-state index in [1.54, 1.807) is 0 Å². The fraction of sp³-hybridized carbons (Fsp3) is 0.550. The number of imidazole rings is 1. The predicted octanol–water partition coefficient (Wildman–Crippen LogP) is 4.70. The molecule has 3 nitrogen and oxygen atoms in total. The Bertz CT molecular complexity index is 603. The van der Waals surface area contributed by atoms with Gasteiger partial charge in [-0.15, -0.1) is 0 Å². The number of hydrogen-bond donors (Lipinski definition) is 1. The Labute approximate surface area is 141 Å². The van der Waals surface area contributed by atoms with E-state index in [4.69, 9.17) is 0 Å². The monoisotopic (exact) mass is 313 g/mol. The lowest BCUT2D eigenvalue weighted by Crippen LogP contribution is -2.28. The van der Waals surface area contributed by atoms with Gasteiger partial charge in [0.2, 0.25) is 0 Å². The summed E-state index contributed by atoms with van der Waals surface area (Å²) in [6.07, 6.45) is 5.18. The molecule has 0 spiro atoms. The lowest BCUT2D eigenvalue weighted by atomic mass is 9.88. The maximum absolute atomic E-state index is 4.57. The first-order valence-corrected chi connectivity index (χ1v) is 8.61. The average Bonchev–Trinajstić information content (AvgIpc) is 2.93. The Kier molecular flexibility index (Phi) is 5.64. The van der Waals surface area contributed by atoms with Gasteiger partial charge < -0.3 is 9.88 Å². The van der Waals surface area contributed by atoms with E-state index in [9.17, 15) is 0 Å². The van der Waals surface area contributed by atoms with E-state index in [2.05, 4.69) is 86.9 Å². The molecule has 0 aliphatic carbocycles. The summed E-state index contributed by atoms with van der Waals surface area (Å²) in [4.78, 5) is 4.57. The van der Waals surface area contributed by atoms with Crippen LogP contribution in [0.5, 0.6) is 0 Å². The number of benzene rings is 1. The molecule has 1 heterocycles. The number of nitrogens with zero attached hydrogens (tertiary/aromatic N) is 2. The molecule has 1 atom stereocenters. The van der Waals surface area contributed by atoms with Crippen molar-refractivity contribution in [2.24, 2.45) is 5.41 Å². The Balaban J connectivity index is 2.05. The minimum atomic E-state index is 0.321. The van der Waals surface area contributed by atoms with E-state index >= 15 is 0 Å². The molecule has 0 amide bonds. The molecule has 0 saturated carbocycles. The third-order valence-corrected chi connectivity index (χ3v) is 3.92. The molecule has 1 aromatic heterocycles. The normalized spacial score (nSPS) is 13.5. The van der Waals surface area contributed by atoms with Gasteiger partial charge in [0.05, 0.1) is 12.0 Å². The van der Waals surface area contributed by atoms with E-state index < -0.39 is 0 Å². The van der Waals surface area contributed by atoms with Crippen LogP contribution in [-0.2, 0) is 6.42 Å². The number of hydrogen-bond acceptors (Lipinski definition) is 2. The summed E-state index contributed by atoms with van der Waals surface area (Å²) in [6, 6.07) is 9.73. The van der Waals surface area contributed by atoms with Crippen LogP contribution < -0.4 is 5.32 Å². The van der Waals surface area contributed by atoms with E-state index in [-0.39, 0.29) is 0 Å². The van der Waals surface area contributed by atoms with Crippen molar-refractivity contribution in [3.05, 3.63) is 42.4 Å². The molecular weight excluding hydrogens is 282 g/mol. The summed E-state index contributed by atoms with van der Waals surface area (Å²) in [6.45, 7) is 14.3. The van der Waals surface area contributed by atoms with Gasteiger partial charge in [0, 0.05) is 30.4 Å². The van der Waals surface area contributed by atoms with Crippen LogP contribution in [-0.4, -0.2) is 22.1 Å². The van der Waals surface area contributed by atoms with Crippen molar-refractivity contribution >= 4 is 0 Å². The third kappa shape index (κ3) is 5.51. The molecule has 2 rings (SSSR count). The second-order valence-electron chi connectivity index (χ2n) is 8.05. The highest BCUT2D eigenvalue weighted by molar-refractivity contribution is 5.58. The van der Waals surface area contributed by atoms with E-state index in [0.29, 0.717) is 17.5 Å².